The van der Waals surface area contributed by atoms with E-state index in [0.29, 0.717) is 6.54 Å². The average molecular weight is 276 g/mol. The zero-order valence-electron chi connectivity index (χ0n) is 11.9. The van der Waals surface area contributed by atoms with Crippen LogP contribution in [0.15, 0.2) is 24.3 Å². The number of aliphatic carboxylic acids is 1. The fourth-order valence-corrected chi connectivity index (χ4v) is 2.51. The number of hydrogen-bond acceptors (Lipinski definition) is 3. The summed E-state index contributed by atoms with van der Waals surface area (Å²) in [5.74, 6) is -0.781. The highest BCUT2D eigenvalue weighted by molar-refractivity contribution is 5.87. The molecule has 5 nitrogen and oxygen atoms in total. The number of hydrogen-bond donors (Lipinski definition) is 1. The first-order chi connectivity index (χ1) is 9.49. The van der Waals surface area contributed by atoms with Crippen LogP contribution in [-0.4, -0.2) is 48.1 Å². The van der Waals surface area contributed by atoms with Gasteiger partial charge in [0.1, 0.15) is 6.04 Å². The second-order valence-corrected chi connectivity index (χ2v) is 5.24. The third-order valence-electron chi connectivity index (χ3n) is 3.71. The van der Waals surface area contributed by atoms with E-state index in [1.807, 2.05) is 36.1 Å². The lowest BCUT2D eigenvalue weighted by Gasteiger charge is -2.29. The van der Waals surface area contributed by atoms with Gasteiger partial charge in [0.05, 0.1) is 6.42 Å². The number of likely N-dealkylation sites (N-methyl/N-ethyl adjacent to an activating group) is 1. The number of carbonyl (C=O) groups is 2. The first kappa shape index (κ1) is 14.4. The highest BCUT2D eigenvalue weighted by Crippen LogP contribution is 2.24. The molecule has 2 rings (SSSR count). The molecule has 1 fully saturated rings. The van der Waals surface area contributed by atoms with Crippen LogP contribution in [-0.2, 0) is 9.59 Å². The molecule has 0 spiro atoms. The van der Waals surface area contributed by atoms with Crippen LogP contribution in [0.4, 0.5) is 5.69 Å². The SMILES string of the molecule is Cc1ccc(N(CCC(=O)O)C2CCN(C)C2=O)cc1. The van der Waals surface area contributed by atoms with Crippen molar-refractivity contribution >= 4 is 17.6 Å². The first-order valence-corrected chi connectivity index (χ1v) is 6.79. The van der Waals surface area contributed by atoms with Gasteiger partial charge in [-0.05, 0) is 25.5 Å². The molecule has 1 aromatic carbocycles. The number of nitrogens with zero attached hydrogens (tertiary/aromatic N) is 2. The number of carboxylic acids is 1. The second-order valence-electron chi connectivity index (χ2n) is 5.24. The maximum Gasteiger partial charge on any atom is 0.305 e. The van der Waals surface area contributed by atoms with Crippen LogP contribution in [0.25, 0.3) is 0 Å². The van der Waals surface area contributed by atoms with Gasteiger partial charge in [-0.15, -0.1) is 0 Å². The molecule has 0 aromatic heterocycles. The predicted molar refractivity (Wildman–Crippen MR) is 76.8 cm³/mol. The summed E-state index contributed by atoms with van der Waals surface area (Å²) in [7, 11) is 1.78. The van der Waals surface area contributed by atoms with Gasteiger partial charge in [0.25, 0.3) is 0 Å². The lowest BCUT2D eigenvalue weighted by Crippen LogP contribution is -2.42. The largest absolute Gasteiger partial charge is 0.481 e. The maximum atomic E-state index is 12.2. The minimum Gasteiger partial charge on any atom is -0.481 e. The van der Waals surface area contributed by atoms with Crippen LogP contribution >= 0.6 is 0 Å². The Kier molecular flexibility index (Phi) is 4.27. The Balaban J connectivity index is 2.22. The molecule has 1 aromatic rings. The molecule has 1 aliphatic heterocycles. The lowest BCUT2D eigenvalue weighted by atomic mass is 10.1. The van der Waals surface area contributed by atoms with Gasteiger partial charge in [-0.2, -0.15) is 0 Å². The monoisotopic (exact) mass is 276 g/mol. The van der Waals surface area contributed by atoms with Crippen molar-refractivity contribution in [3.63, 3.8) is 0 Å². The molecular weight excluding hydrogens is 256 g/mol. The maximum absolute atomic E-state index is 12.2. The van der Waals surface area contributed by atoms with Gasteiger partial charge < -0.3 is 14.9 Å². The summed E-state index contributed by atoms with van der Waals surface area (Å²) < 4.78 is 0. The van der Waals surface area contributed by atoms with Crippen LogP contribution < -0.4 is 4.90 Å². The highest BCUT2D eigenvalue weighted by atomic mass is 16.4. The topological polar surface area (TPSA) is 60.9 Å². The van der Waals surface area contributed by atoms with Crippen molar-refractivity contribution in [2.24, 2.45) is 0 Å². The predicted octanol–water partition coefficient (Wildman–Crippen LogP) is 1.51. The minimum atomic E-state index is -0.846. The van der Waals surface area contributed by atoms with Gasteiger partial charge in [0.15, 0.2) is 0 Å². The summed E-state index contributed by atoms with van der Waals surface area (Å²) >= 11 is 0. The van der Waals surface area contributed by atoms with Crippen LogP contribution in [0.5, 0.6) is 0 Å². The van der Waals surface area contributed by atoms with E-state index < -0.39 is 5.97 Å². The summed E-state index contributed by atoms with van der Waals surface area (Å²) in [6.45, 7) is 3.07. The van der Waals surface area contributed by atoms with Crippen LogP contribution in [0.3, 0.4) is 0 Å². The number of carbonyl (C=O) groups excluding carboxylic acids is 1. The van der Waals surface area contributed by atoms with E-state index in [1.165, 1.54) is 0 Å². The second kappa shape index (κ2) is 5.94. The van der Waals surface area contributed by atoms with Gasteiger partial charge in [-0.25, -0.2) is 0 Å². The van der Waals surface area contributed by atoms with E-state index in [-0.39, 0.29) is 18.4 Å². The van der Waals surface area contributed by atoms with Gasteiger partial charge >= 0.3 is 5.97 Å². The first-order valence-electron chi connectivity index (χ1n) is 6.79. The quantitative estimate of drug-likeness (QED) is 0.885. The van der Waals surface area contributed by atoms with Gasteiger partial charge in [0, 0.05) is 25.8 Å². The number of amides is 1. The molecule has 0 aliphatic carbocycles. The molecule has 1 heterocycles. The van der Waals surface area contributed by atoms with Crippen molar-refractivity contribution in [2.45, 2.75) is 25.8 Å². The summed E-state index contributed by atoms with van der Waals surface area (Å²) in [4.78, 5) is 26.6. The summed E-state index contributed by atoms with van der Waals surface area (Å²) in [6.07, 6.45) is 0.768. The van der Waals surface area contributed by atoms with Crippen molar-refractivity contribution < 1.29 is 14.7 Å². The molecule has 5 heteroatoms. The Hall–Kier alpha value is -2.04. The van der Waals surface area contributed by atoms with E-state index in [0.717, 1.165) is 24.2 Å². The Bertz CT molecular complexity index is 498. The van der Waals surface area contributed by atoms with E-state index in [2.05, 4.69) is 0 Å². The summed E-state index contributed by atoms with van der Waals surface area (Å²) in [5.41, 5.74) is 2.05. The van der Waals surface area contributed by atoms with Crippen molar-refractivity contribution in [1.29, 1.82) is 0 Å². The number of rotatable bonds is 5. The Morgan fingerprint density at radius 2 is 2.05 bits per heavy atom. The number of aryl methyl sites for hydroxylation is 1. The van der Waals surface area contributed by atoms with Gasteiger partial charge in [-0.1, -0.05) is 17.7 Å². The molecule has 1 amide bonds. The number of likely N-dealkylation sites (tertiary alicyclic amines) is 1. The van der Waals surface area contributed by atoms with Crippen LogP contribution in [0.2, 0.25) is 0 Å². The van der Waals surface area contributed by atoms with Crippen molar-refractivity contribution in [2.75, 3.05) is 25.0 Å². The molecule has 1 atom stereocenters. The molecule has 20 heavy (non-hydrogen) atoms. The van der Waals surface area contributed by atoms with Crippen molar-refractivity contribution in [1.82, 2.24) is 4.90 Å². The molecule has 0 bridgehead atoms. The third-order valence-corrected chi connectivity index (χ3v) is 3.71. The zero-order chi connectivity index (χ0) is 14.7. The smallest absolute Gasteiger partial charge is 0.305 e. The van der Waals surface area contributed by atoms with Gasteiger partial charge in [0.2, 0.25) is 5.91 Å². The Morgan fingerprint density at radius 1 is 1.40 bits per heavy atom. The summed E-state index contributed by atoms with van der Waals surface area (Å²) in [6, 6.07) is 7.60. The minimum absolute atomic E-state index is 0.0291. The fraction of sp³-hybridized carbons (Fsp3) is 0.467. The molecular formula is C15H20N2O3. The third kappa shape index (κ3) is 3.10. The molecule has 0 saturated carbocycles. The van der Waals surface area contributed by atoms with Crippen molar-refractivity contribution in [3.8, 4) is 0 Å². The fourth-order valence-electron chi connectivity index (χ4n) is 2.51. The van der Waals surface area contributed by atoms with Crippen LogP contribution in [0.1, 0.15) is 18.4 Å². The van der Waals surface area contributed by atoms with Gasteiger partial charge in [-0.3, -0.25) is 9.59 Å². The molecule has 108 valence electrons. The van der Waals surface area contributed by atoms with E-state index >= 15 is 0 Å². The van der Waals surface area contributed by atoms with E-state index in [1.54, 1.807) is 11.9 Å². The molecule has 1 aliphatic rings. The molecule has 0 radical (unpaired) electrons. The average Bonchev–Trinajstić information content (AvgIpc) is 2.73. The standard InChI is InChI=1S/C15H20N2O3/c1-11-3-5-12(6-4-11)17(10-8-14(18)19)13-7-9-16(2)15(13)20/h3-6,13H,7-10H2,1-2H3,(H,18,19). The lowest BCUT2D eigenvalue weighted by molar-refractivity contribution is -0.137. The number of benzene rings is 1. The van der Waals surface area contributed by atoms with E-state index in [9.17, 15) is 9.59 Å². The zero-order valence-corrected chi connectivity index (χ0v) is 11.9. The van der Waals surface area contributed by atoms with Crippen molar-refractivity contribution in [3.05, 3.63) is 29.8 Å². The number of carboxylic acid groups (broad SMARTS) is 1. The molecule has 1 saturated heterocycles. The summed E-state index contributed by atoms with van der Waals surface area (Å²) in [5, 5.41) is 8.89. The van der Waals surface area contributed by atoms with Crippen LogP contribution in [0, 0.1) is 6.92 Å². The Labute approximate surface area is 118 Å². The normalized spacial score (nSPS) is 18.4. The highest BCUT2D eigenvalue weighted by Gasteiger charge is 2.34. The number of anilines is 1. The van der Waals surface area contributed by atoms with E-state index in [4.69, 9.17) is 5.11 Å². The molecule has 1 unspecified atom stereocenters. The Morgan fingerprint density at radius 3 is 2.55 bits per heavy atom. The molecule has 1 N–H and O–H groups in total.